The monoisotopic (exact) mass is 364 g/mol. The summed E-state index contributed by atoms with van der Waals surface area (Å²) in [4.78, 5) is 0. The predicted octanol–water partition coefficient (Wildman–Crippen LogP) is 5.79. The minimum Gasteiger partial charge on any atom is -0.508 e. The van der Waals surface area contributed by atoms with Gasteiger partial charge in [0.2, 0.25) is 0 Å². The first kappa shape index (κ1) is 18.0. The fraction of sp³-hybridized carbons (Fsp3) is 0.417. The largest absolute Gasteiger partial charge is 0.508 e. The maximum atomic E-state index is 10.7. The van der Waals surface area contributed by atoms with E-state index < -0.39 is 0 Å². The van der Waals surface area contributed by atoms with Gasteiger partial charge in [-0.25, -0.2) is 0 Å². The molecule has 3 heteroatoms. The lowest BCUT2D eigenvalue weighted by Crippen LogP contribution is -2.53. The van der Waals surface area contributed by atoms with Crippen molar-refractivity contribution in [3.8, 4) is 17.2 Å². The van der Waals surface area contributed by atoms with Gasteiger partial charge in [-0.05, 0) is 73.4 Å². The van der Waals surface area contributed by atoms with E-state index in [4.69, 9.17) is 4.74 Å². The number of hydrogen-bond donors (Lipinski definition) is 2. The molecule has 0 saturated heterocycles. The Morgan fingerprint density at radius 1 is 0.963 bits per heavy atom. The molecule has 1 saturated carbocycles. The zero-order chi connectivity index (χ0) is 19.2. The van der Waals surface area contributed by atoms with Crippen LogP contribution >= 0.6 is 0 Å². The standard InChI is InChI=1S/C24H28O3/c1-23(2)11-4-12-24(3)22(23)15-19-20(26)13-17(14-21(19)27-24)6-5-16-7-9-18(25)10-8-16/h5-10,13-14,22,25-26H,4,11-12,15H2,1-3H3/b6-5+/t22-,24+/m0/s1. The van der Waals surface area contributed by atoms with E-state index in [9.17, 15) is 10.2 Å². The second kappa shape index (κ2) is 6.33. The third-order valence-corrected chi connectivity index (χ3v) is 6.50. The lowest BCUT2D eigenvalue weighted by Gasteiger charge is -2.53. The molecular weight excluding hydrogens is 336 g/mol. The number of fused-ring (bicyclic) bond motifs is 2. The van der Waals surface area contributed by atoms with Gasteiger partial charge >= 0.3 is 0 Å². The molecule has 0 unspecified atom stereocenters. The SMILES string of the molecule is CC1(C)CCC[C@@]2(C)Oc3cc(/C=C/c4ccc(O)cc4)cc(O)c3C[C@@H]12. The molecule has 3 nitrogen and oxygen atoms in total. The fourth-order valence-electron chi connectivity index (χ4n) is 4.96. The van der Waals surface area contributed by atoms with Crippen molar-refractivity contribution in [3.63, 3.8) is 0 Å². The van der Waals surface area contributed by atoms with Gasteiger partial charge in [-0.1, -0.05) is 38.1 Å². The second-order valence-corrected chi connectivity index (χ2v) is 8.96. The highest BCUT2D eigenvalue weighted by atomic mass is 16.5. The van der Waals surface area contributed by atoms with E-state index in [1.807, 2.05) is 36.4 Å². The summed E-state index contributed by atoms with van der Waals surface area (Å²) in [7, 11) is 0. The Bertz CT molecular complexity index is 879. The highest BCUT2D eigenvalue weighted by Gasteiger charge is 2.51. The van der Waals surface area contributed by atoms with E-state index >= 15 is 0 Å². The van der Waals surface area contributed by atoms with Crippen molar-refractivity contribution in [2.45, 2.75) is 52.1 Å². The maximum absolute atomic E-state index is 10.7. The molecule has 0 amide bonds. The van der Waals surface area contributed by atoms with Crippen molar-refractivity contribution in [1.29, 1.82) is 0 Å². The first-order chi connectivity index (χ1) is 12.8. The molecule has 1 aliphatic heterocycles. The number of ether oxygens (including phenoxy) is 1. The molecule has 0 bridgehead atoms. The molecule has 0 radical (unpaired) electrons. The van der Waals surface area contributed by atoms with Crippen LogP contribution < -0.4 is 4.74 Å². The number of phenols is 2. The summed E-state index contributed by atoms with van der Waals surface area (Å²) in [5.74, 6) is 1.80. The second-order valence-electron chi connectivity index (χ2n) is 8.96. The maximum Gasteiger partial charge on any atom is 0.127 e. The highest BCUT2D eigenvalue weighted by molar-refractivity contribution is 5.72. The van der Waals surface area contributed by atoms with Crippen LogP contribution in [0.1, 0.15) is 56.7 Å². The summed E-state index contributed by atoms with van der Waals surface area (Å²) >= 11 is 0. The molecular formula is C24H28O3. The molecule has 2 N–H and O–H groups in total. The molecule has 2 atom stereocenters. The minimum atomic E-state index is -0.166. The van der Waals surface area contributed by atoms with Gasteiger partial charge in [-0.3, -0.25) is 0 Å². The Morgan fingerprint density at radius 3 is 2.41 bits per heavy atom. The Morgan fingerprint density at radius 2 is 1.67 bits per heavy atom. The van der Waals surface area contributed by atoms with E-state index in [1.165, 1.54) is 12.8 Å². The summed E-state index contributed by atoms with van der Waals surface area (Å²) in [6.45, 7) is 6.89. The first-order valence-corrected chi connectivity index (χ1v) is 9.79. The van der Waals surface area contributed by atoms with Crippen LogP contribution in [-0.4, -0.2) is 15.8 Å². The van der Waals surface area contributed by atoms with Crippen LogP contribution in [-0.2, 0) is 6.42 Å². The van der Waals surface area contributed by atoms with Crippen LogP contribution in [0.5, 0.6) is 17.2 Å². The average molecular weight is 364 g/mol. The van der Waals surface area contributed by atoms with E-state index in [0.717, 1.165) is 35.3 Å². The molecule has 0 spiro atoms. The van der Waals surface area contributed by atoms with Gasteiger partial charge in [-0.15, -0.1) is 0 Å². The quantitative estimate of drug-likeness (QED) is 0.663. The molecule has 142 valence electrons. The number of hydrogen-bond acceptors (Lipinski definition) is 3. The van der Waals surface area contributed by atoms with Crippen molar-refractivity contribution in [3.05, 3.63) is 53.1 Å². The van der Waals surface area contributed by atoms with Crippen LogP contribution in [0, 0.1) is 11.3 Å². The van der Waals surface area contributed by atoms with Crippen molar-refractivity contribution < 1.29 is 14.9 Å². The van der Waals surface area contributed by atoms with Crippen LogP contribution in [0.4, 0.5) is 0 Å². The Balaban J connectivity index is 1.66. The molecule has 2 aromatic carbocycles. The van der Waals surface area contributed by atoms with Gasteiger partial charge < -0.3 is 14.9 Å². The van der Waals surface area contributed by atoms with Gasteiger partial charge in [0.25, 0.3) is 0 Å². The fourth-order valence-corrected chi connectivity index (χ4v) is 4.96. The molecule has 27 heavy (non-hydrogen) atoms. The Hall–Kier alpha value is -2.42. The predicted molar refractivity (Wildman–Crippen MR) is 109 cm³/mol. The normalized spacial score (nSPS) is 26.3. The van der Waals surface area contributed by atoms with E-state index in [1.54, 1.807) is 12.1 Å². The average Bonchev–Trinajstić information content (AvgIpc) is 2.59. The van der Waals surface area contributed by atoms with E-state index in [2.05, 4.69) is 20.8 Å². The number of benzene rings is 2. The van der Waals surface area contributed by atoms with Crippen molar-refractivity contribution in [1.82, 2.24) is 0 Å². The van der Waals surface area contributed by atoms with E-state index in [0.29, 0.717) is 11.7 Å². The van der Waals surface area contributed by atoms with Gasteiger partial charge in [0.1, 0.15) is 22.8 Å². The molecule has 4 rings (SSSR count). The topological polar surface area (TPSA) is 49.7 Å². The van der Waals surface area contributed by atoms with Crippen molar-refractivity contribution in [2.75, 3.05) is 0 Å². The number of phenolic OH excluding ortho intramolecular Hbond substituents is 2. The molecule has 1 heterocycles. The zero-order valence-corrected chi connectivity index (χ0v) is 16.3. The summed E-state index contributed by atoms with van der Waals surface area (Å²) in [5.41, 5.74) is 2.90. The highest BCUT2D eigenvalue weighted by Crippen LogP contribution is 2.54. The van der Waals surface area contributed by atoms with Crippen molar-refractivity contribution >= 4 is 12.2 Å². The number of rotatable bonds is 2. The lowest BCUT2D eigenvalue weighted by molar-refractivity contribution is -0.0819. The van der Waals surface area contributed by atoms with Gasteiger partial charge in [0.05, 0.1) is 0 Å². The minimum absolute atomic E-state index is 0.166. The zero-order valence-electron chi connectivity index (χ0n) is 16.3. The summed E-state index contributed by atoms with van der Waals surface area (Å²) < 4.78 is 6.52. The van der Waals surface area contributed by atoms with Crippen LogP contribution in [0.2, 0.25) is 0 Å². The molecule has 1 fully saturated rings. The van der Waals surface area contributed by atoms with Crippen LogP contribution in [0.25, 0.3) is 12.2 Å². The summed E-state index contributed by atoms with van der Waals surface area (Å²) in [6.07, 6.45) is 8.26. The number of aromatic hydroxyl groups is 2. The summed E-state index contributed by atoms with van der Waals surface area (Å²) in [6, 6.07) is 10.9. The third kappa shape index (κ3) is 3.31. The Labute approximate surface area is 161 Å². The lowest BCUT2D eigenvalue weighted by atomic mass is 9.59. The van der Waals surface area contributed by atoms with Crippen molar-refractivity contribution in [2.24, 2.45) is 11.3 Å². The first-order valence-electron chi connectivity index (χ1n) is 9.79. The molecule has 2 aliphatic rings. The third-order valence-electron chi connectivity index (χ3n) is 6.50. The molecule has 1 aliphatic carbocycles. The smallest absolute Gasteiger partial charge is 0.127 e. The van der Waals surface area contributed by atoms with Gasteiger partial charge in [0.15, 0.2) is 0 Å². The van der Waals surface area contributed by atoms with Gasteiger partial charge in [-0.2, -0.15) is 0 Å². The summed E-state index contributed by atoms with van der Waals surface area (Å²) in [5, 5.41) is 20.1. The molecule has 2 aromatic rings. The Kier molecular flexibility index (Phi) is 4.21. The van der Waals surface area contributed by atoms with E-state index in [-0.39, 0.29) is 16.8 Å². The molecule has 0 aromatic heterocycles. The van der Waals surface area contributed by atoms with Crippen LogP contribution in [0.3, 0.4) is 0 Å². The van der Waals surface area contributed by atoms with Crippen LogP contribution in [0.15, 0.2) is 36.4 Å². The van der Waals surface area contributed by atoms with Gasteiger partial charge in [0, 0.05) is 11.5 Å².